The maximum atomic E-state index is 13.3. The first-order valence-electron chi connectivity index (χ1n) is 5.85. The Morgan fingerprint density at radius 1 is 1.14 bits per heavy atom. The number of hydrogen-bond donors (Lipinski definition) is 2. The maximum Gasteiger partial charge on any atom is 0.323 e. The fourth-order valence-electron chi connectivity index (χ4n) is 1.65. The molecule has 0 atom stereocenters. The second kappa shape index (κ2) is 6.64. The standard InChI is InChI=1S/C14H10BrCl2FN2O/c1-7-4-11(18)9(15)6-12(7)19-14(21)20-13-5-8(16)2-3-10(13)17/h2-6H,1H3,(H2,19,20,21). The van der Waals surface area contributed by atoms with Gasteiger partial charge in [0.25, 0.3) is 0 Å². The summed E-state index contributed by atoms with van der Waals surface area (Å²) in [5, 5.41) is 6.03. The number of carbonyl (C=O) groups is 1. The molecule has 0 saturated carbocycles. The van der Waals surface area contributed by atoms with Crippen LogP contribution in [0.2, 0.25) is 10.0 Å². The predicted octanol–water partition coefficient (Wildman–Crippen LogP) is 5.85. The predicted molar refractivity (Wildman–Crippen MR) is 87.9 cm³/mol. The van der Waals surface area contributed by atoms with Gasteiger partial charge in [-0.05, 0) is 58.7 Å². The zero-order valence-corrected chi connectivity index (χ0v) is 13.9. The van der Waals surface area contributed by atoms with Gasteiger partial charge in [-0.15, -0.1) is 0 Å². The van der Waals surface area contributed by atoms with Gasteiger partial charge in [0, 0.05) is 10.7 Å². The summed E-state index contributed by atoms with van der Waals surface area (Å²) < 4.78 is 13.6. The van der Waals surface area contributed by atoms with Crippen LogP contribution in [0.15, 0.2) is 34.8 Å². The lowest BCUT2D eigenvalue weighted by Crippen LogP contribution is -2.20. The van der Waals surface area contributed by atoms with E-state index in [1.54, 1.807) is 19.1 Å². The molecule has 110 valence electrons. The molecular formula is C14H10BrCl2FN2O. The minimum Gasteiger partial charge on any atom is -0.307 e. The summed E-state index contributed by atoms with van der Waals surface area (Å²) in [7, 11) is 0. The van der Waals surface area contributed by atoms with Crippen LogP contribution in [0.1, 0.15) is 5.56 Å². The molecule has 0 spiro atoms. The van der Waals surface area contributed by atoms with Crippen LogP contribution in [-0.2, 0) is 0 Å². The van der Waals surface area contributed by atoms with E-state index in [9.17, 15) is 9.18 Å². The molecule has 21 heavy (non-hydrogen) atoms. The van der Waals surface area contributed by atoms with Crippen molar-refractivity contribution in [1.29, 1.82) is 0 Å². The lowest BCUT2D eigenvalue weighted by atomic mass is 10.2. The van der Waals surface area contributed by atoms with Crippen LogP contribution in [0.4, 0.5) is 20.6 Å². The Balaban J connectivity index is 2.15. The summed E-state index contributed by atoms with van der Waals surface area (Å²) in [5.41, 5.74) is 1.47. The number of halogens is 4. The van der Waals surface area contributed by atoms with E-state index in [0.29, 0.717) is 27.0 Å². The molecule has 0 aliphatic carbocycles. The van der Waals surface area contributed by atoms with Gasteiger partial charge in [0.15, 0.2) is 0 Å². The van der Waals surface area contributed by atoms with Crippen molar-refractivity contribution in [1.82, 2.24) is 0 Å². The zero-order chi connectivity index (χ0) is 15.6. The fraction of sp³-hybridized carbons (Fsp3) is 0.0714. The quantitative estimate of drug-likeness (QED) is 0.662. The number of urea groups is 1. The van der Waals surface area contributed by atoms with E-state index >= 15 is 0 Å². The molecule has 0 saturated heterocycles. The average Bonchev–Trinajstić information content (AvgIpc) is 2.40. The highest BCUT2D eigenvalue weighted by Crippen LogP contribution is 2.27. The molecule has 2 aromatic rings. The Labute approximate surface area is 139 Å². The van der Waals surface area contributed by atoms with E-state index < -0.39 is 11.8 Å². The molecule has 3 nitrogen and oxygen atoms in total. The highest BCUT2D eigenvalue weighted by atomic mass is 79.9. The van der Waals surface area contributed by atoms with Crippen LogP contribution in [0.3, 0.4) is 0 Å². The Morgan fingerprint density at radius 2 is 1.81 bits per heavy atom. The van der Waals surface area contributed by atoms with Gasteiger partial charge in [-0.3, -0.25) is 0 Å². The first kappa shape index (κ1) is 16.1. The van der Waals surface area contributed by atoms with Crippen molar-refractivity contribution in [2.75, 3.05) is 10.6 Å². The van der Waals surface area contributed by atoms with Crippen molar-refractivity contribution in [3.63, 3.8) is 0 Å². The van der Waals surface area contributed by atoms with Crippen LogP contribution >= 0.6 is 39.1 Å². The Morgan fingerprint density at radius 3 is 2.52 bits per heavy atom. The maximum absolute atomic E-state index is 13.3. The van der Waals surface area contributed by atoms with E-state index in [2.05, 4.69) is 26.6 Å². The summed E-state index contributed by atoms with van der Waals surface area (Å²) >= 11 is 14.9. The topological polar surface area (TPSA) is 41.1 Å². The van der Waals surface area contributed by atoms with E-state index in [1.165, 1.54) is 18.2 Å². The number of anilines is 2. The Hall–Kier alpha value is -1.30. The minimum atomic E-state index is -0.499. The molecule has 0 aliphatic heterocycles. The minimum absolute atomic E-state index is 0.268. The third kappa shape index (κ3) is 4.09. The van der Waals surface area contributed by atoms with E-state index in [4.69, 9.17) is 23.2 Å². The normalized spacial score (nSPS) is 10.3. The van der Waals surface area contributed by atoms with Gasteiger partial charge in [-0.25, -0.2) is 9.18 Å². The molecule has 0 aliphatic rings. The largest absolute Gasteiger partial charge is 0.323 e. The number of rotatable bonds is 2. The van der Waals surface area contributed by atoms with Crippen molar-refractivity contribution >= 4 is 56.5 Å². The number of hydrogen-bond acceptors (Lipinski definition) is 1. The van der Waals surface area contributed by atoms with E-state index in [0.717, 1.165) is 0 Å². The number of nitrogens with one attached hydrogen (secondary N) is 2. The highest BCUT2D eigenvalue weighted by molar-refractivity contribution is 9.10. The summed E-state index contributed by atoms with van der Waals surface area (Å²) in [5.74, 6) is -0.392. The molecule has 2 N–H and O–H groups in total. The number of amides is 2. The van der Waals surface area contributed by atoms with Gasteiger partial charge in [0.2, 0.25) is 0 Å². The van der Waals surface area contributed by atoms with Crippen LogP contribution in [0, 0.1) is 12.7 Å². The SMILES string of the molecule is Cc1cc(F)c(Br)cc1NC(=O)Nc1cc(Cl)ccc1Cl. The Kier molecular flexibility index (Phi) is 5.08. The lowest BCUT2D eigenvalue weighted by molar-refractivity contribution is 0.262. The molecule has 2 rings (SSSR count). The third-order valence-corrected chi connectivity index (χ3v) is 3.86. The summed E-state index contributed by atoms with van der Waals surface area (Å²) in [6.07, 6.45) is 0. The molecule has 0 aromatic heterocycles. The van der Waals surface area contributed by atoms with Crippen LogP contribution in [-0.4, -0.2) is 6.03 Å². The molecule has 7 heteroatoms. The summed E-state index contributed by atoms with van der Waals surface area (Å²) in [6.45, 7) is 1.69. The van der Waals surface area contributed by atoms with E-state index in [1.807, 2.05) is 0 Å². The monoisotopic (exact) mass is 390 g/mol. The van der Waals surface area contributed by atoms with Gasteiger partial charge in [-0.2, -0.15) is 0 Å². The molecule has 0 heterocycles. The second-order valence-electron chi connectivity index (χ2n) is 4.28. The third-order valence-electron chi connectivity index (χ3n) is 2.69. The first-order chi connectivity index (χ1) is 9.86. The van der Waals surface area contributed by atoms with Gasteiger partial charge in [0.1, 0.15) is 5.82 Å². The molecule has 2 aromatic carbocycles. The molecular weight excluding hydrogens is 382 g/mol. The van der Waals surface area contributed by atoms with Gasteiger partial charge < -0.3 is 10.6 Å². The van der Waals surface area contributed by atoms with Gasteiger partial charge >= 0.3 is 6.03 Å². The second-order valence-corrected chi connectivity index (χ2v) is 5.98. The first-order valence-corrected chi connectivity index (χ1v) is 7.40. The zero-order valence-electron chi connectivity index (χ0n) is 10.8. The molecule has 0 bridgehead atoms. The van der Waals surface area contributed by atoms with Crippen molar-refractivity contribution in [3.8, 4) is 0 Å². The average molecular weight is 392 g/mol. The molecule has 0 fully saturated rings. The summed E-state index contributed by atoms with van der Waals surface area (Å²) in [4.78, 5) is 12.0. The van der Waals surface area contributed by atoms with Crippen LogP contribution in [0.25, 0.3) is 0 Å². The van der Waals surface area contributed by atoms with Crippen LogP contribution < -0.4 is 10.6 Å². The Bertz CT molecular complexity index is 710. The van der Waals surface area contributed by atoms with Crippen molar-refractivity contribution in [2.45, 2.75) is 6.92 Å². The lowest BCUT2D eigenvalue weighted by Gasteiger charge is -2.12. The molecule has 2 amide bonds. The van der Waals surface area contributed by atoms with Crippen molar-refractivity contribution < 1.29 is 9.18 Å². The van der Waals surface area contributed by atoms with Crippen molar-refractivity contribution in [2.24, 2.45) is 0 Å². The smallest absolute Gasteiger partial charge is 0.307 e. The van der Waals surface area contributed by atoms with Gasteiger partial charge in [0.05, 0.1) is 15.2 Å². The highest BCUT2D eigenvalue weighted by Gasteiger charge is 2.10. The number of benzene rings is 2. The number of aryl methyl sites for hydroxylation is 1. The molecule has 0 unspecified atom stereocenters. The van der Waals surface area contributed by atoms with Gasteiger partial charge in [-0.1, -0.05) is 23.2 Å². The number of carbonyl (C=O) groups excluding carboxylic acids is 1. The fourth-order valence-corrected chi connectivity index (χ4v) is 2.33. The van der Waals surface area contributed by atoms with Crippen LogP contribution in [0.5, 0.6) is 0 Å². The molecule has 0 radical (unpaired) electrons. The van der Waals surface area contributed by atoms with Crippen molar-refractivity contribution in [3.05, 3.63) is 56.2 Å². The summed E-state index contributed by atoms with van der Waals surface area (Å²) in [6, 6.07) is 7.06. The van der Waals surface area contributed by atoms with E-state index in [-0.39, 0.29) is 4.47 Å².